The van der Waals surface area contributed by atoms with Crippen molar-refractivity contribution < 1.29 is 19.3 Å². The number of hydrogen-bond acceptors (Lipinski definition) is 6. The standard InChI is InChI=1S/C19H20BrFN4O3/c1-3-4-13(20)6-14(21)11(2)23-9-15-19(25-10-22)28-18-7-17(27)16(26)5-12(18)8-24-15/h3-8,10,23,26-27H,9H2,1-2H3,(H2,22,25)/b4-3-,13-6+,14-11-. The third kappa shape index (κ3) is 5.46. The first-order chi connectivity index (χ1) is 13.3. The van der Waals surface area contributed by atoms with Gasteiger partial charge in [-0.05, 0) is 26.0 Å². The molecule has 0 unspecified atom stereocenters. The normalized spacial score (nSPS) is 15.5. The second-order valence-electron chi connectivity index (χ2n) is 5.62. The molecule has 28 heavy (non-hydrogen) atoms. The minimum Gasteiger partial charge on any atom is -0.504 e. The van der Waals surface area contributed by atoms with Gasteiger partial charge in [0.25, 0.3) is 0 Å². The SMILES string of the molecule is C\C=C/C(Br)=C\C(F)=C(/C)NCC1=C(/N=C\N)Oc2cc(O)c(O)cc2C=N1. The van der Waals surface area contributed by atoms with Gasteiger partial charge in [0.15, 0.2) is 11.5 Å². The van der Waals surface area contributed by atoms with Crippen molar-refractivity contribution in [3.8, 4) is 17.2 Å². The van der Waals surface area contributed by atoms with Crippen LogP contribution in [0.3, 0.4) is 0 Å². The lowest BCUT2D eigenvalue weighted by Gasteiger charge is -2.11. The predicted octanol–water partition coefficient (Wildman–Crippen LogP) is 3.71. The molecule has 0 saturated carbocycles. The Labute approximate surface area is 170 Å². The van der Waals surface area contributed by atoms with Crippen LogP contribution < -0.4 is 15.8 Å². The predicted molar refractivity (Wildman–Crippen MR) is 111 cm³/mol. The van der Waals surface area contributed by atoms with Crippen molar-refractivity contribution in [2.24, 2.45) is 15.7 Å². The highest BCUT2D eigenvalue weighted by Crippen LogP contribution is 2.34. The zero-order valence-electron chi connectivity index (χ0n) is 15.3. The van der Waals surface area contributed by atoms with Crippen LogP contribution in [0.2, 0.25) is 0 Å². The first-order valence-corrected chi connectivity index (χ1v) is 9.00. The number of nitrogens with two attached hydrogens (primary N) is 1. The molecule has 1 aromatic rings. The lowest BCUT2D eigenvalue weighted by Crippen LogP contribution is -2.17. The van der Waals surface area contributed by atoms with Gasteiger partial charge in [-0.2, -0.15) is 0 Å². The number of nitrogens with zero attached hydrogens (tertiary/aromatic N) is 2. The summed E-state index contributed by atoms with van der Waals surface area (Å²) in [6.45, 7) is 3.51. The molecule has 0 aromatic heterocycles. The van der Waals surface area contributed by atoms with Gasteiger partial charge in [0.1, 0.15) is 17.3 Å². The number of halogens is 2. The van der Waals surface area contributed by atoms with Crippen LogP contribution in [0, 0.1) is 0 Å². The Bertz CT molecular complexity index is 933. The van der Waals surface area contributed by atoms with Crippen molar-refractivity contribution in [2.75, 3.05) is 6.54 Å². The summed E-state index contributed by atoms with van der Waals surface area (Å²) in [5, 5.41) is 22.2. The lowest BCUT2D eigenvalue weighted by molar-refractivity contribution is 0.386. The molecule has 1 aliphatic rings. The van der Waals surface area contributed by atoms with E-state index in [2.05, 4.69) is 31.2 Å². The fourth-order valence-corrected chi connectivity index (χ4v) is 2.62. The minimum absolute atomic E-state index is 0.0777. The van der Waals surface area contributed by atoms with Crippen LogP contribution in [0.25, 0.3) is 0 Å². The van der Waals surface area contributed by atoms with Crippen molar-refractivity contribution in [1.82, 2.24) is 5.32 Å². The molecule has 9 heteroatoms. The molecule has 2 rings (SSSR count). The Morgan fingerprint density at radius 3 is 2.79 bits per heavy atom. The molecular formula is C19H20BrFN4O3. The van der Waals surface area contributed by atoms with Gasteiger partial charge >= 0.3 is 0 Å². The number of phenols is 2. The molecule has 7 nitrogen and oxygen atoms in total. The number of aliphatic imine (C=N–C) groups is 2. The van der Waals surface area contributed by atoms with Crippen LogP contribution in [-0.2, 0) is 0 Å². The molecule has 1 aromatic carbocycles. The molecule has 148 valence electrons. The maximum absolute atomic E-state index is 14.2. The molecule has 1 aliphatic heterocycles. The summed E-state index contributed by atoms with van der Waals surface area (Å²) in [7, 11) is 0. The van der Waals surface area contributed by atoms with Gasteiger partial charge in [-0.1, -0.05) is 28.1 Å². The summed E-state index contributed by atoms with van der Waals surface area (Å²) in [6, 6.07) is 2.55. The van der Waals surface area contributed by atoms with Crippen molar-refractivity contribution in [3.63, 3.8) is 0 Å². The maximum Gasteiger partial charge on any atom is 0.244 e. The Balaban J connectivity index is 2.28. The van der Waals surface area contributed by atoms with Crippen molar-refractivity contribution in [1.29, 1.82) is 0 Å². The highest BCUT2D eigenvalue weighted by atomic mass is 79.9. The first-order valence-electron chi connectivity index (χ1n) is 8.21. The van der Waals surface area contributed by atoms with Gasteiger partial charge in [-0.3, -0.25) is 4.99 Å². The highest BCUT2D eigenvalue weighted by Gasteiger charge is 2.17. The monoisotopic (exact) mass is 450 g/mol. The van der Waals surface area contributed by atoms with Gasteiger partial charge in [0.05, 0.1) is 12.9 Å². The lowest BCUT2D eigenvalue weighted by atomic mass is 10.2. The summed E-state index contributed by atoms with van der Waals surface area (Å²) in [6.07, 6.45) is 7.32. The van der Waals surface area contributed by atoms with E-state index in [0.717, 1.165) is 6.34 Å². The molecule has 0 amide bonds. The average Bonchev–Trinajstić information content (AvgIpc) is 2.80. The van der Waals surface area contributed by atoms with Crippen molar-refractivity contribution in [2.45, 2.75) is 13.8 Å². The summed E-state index contributed by atoms with van der Waals surface area (Å²) < 4.78 is 20.5. The van der Waals surface area contributed by atoms with Gasteiger partial charge in [0, 0.05) is 28.0 Å². The second-order valence-corrected chi connectivity index (χ2v) is 6.54. The van der Waals surface area contributed by atoms with E-state index in [1.165, 1.54) is 24.4 Å². The van der Waals surface area contributed by atoms with E-state index in [-0.39, 0.29) is 35.4 Å². The van der Waals surface area contributed by atoms with Gasteiger partial charge in [0.2, 0.25) is 5.88 Å². The van der Waals surface area contributed by atoms with E-state index in [4.69, 9.17) is 10.5 Å². The number of fused-ring (bicyclic) bond motifs is 1. The number of aromatic hydroxyl groups is 2. The van der Waals surface area contributed by atoms with Crippen LogP contribution in [0.5, 0.6) is 17.2 Å². The molecule has 0 spiro atoms. The van der Waals surface area contributed by atoms with E-state index in [1.807, 2.05) is 6.92 Å². The first kappa shape index (κ1) is 21.2. The molecule has 0 bridgehead atoms. The number of phenolic OH excluding ortho intramolecular Hbond substituents is 2. The molecule has 5 N–H and O–H groups in total. The Kier molecular flexibility index (Phi) is 7.39. The highest BCUT2D eigenvalue weighted by molar-refractivity contribution is 9.11. The maximum atomic E-state index is 14.2. The van der Waals surface area contributed by atoms with Crippen LogP contribution in [0.4, 0.5) is 4.39 Å². The van der Waals surface area contributed by atoms with Crippen LogP contribution in [0.1, 0.15) is 19.4 Å². The fraction of sp³-hybridized carbons (Fsp3) is 0.158. The van der Waals surface area contributed by atoms with Gasteiger partial charge in [-0.15, -0.1) is 0 Å². The van der Waals surface area contributed by atoms with Crippen LogP contribution in [-0.4, -0.2) is 29.3 Å². The van der Waals surface area contributed by atoms with E-state index < -0.39 is 5.83 Å². The summed E-state index contributed by atoms with van der Waals surface area (Å²) in [5.74, 6) is -0.783. The molecular weight excluding hydrogens is 431 g/mol. The van der Waals surface area contributed by atoms with Crippen molar-refractivity contribution >= 4 is 28.5 Å². The van der Waals surface area contributed by atoms with E-state index >= 15 is 0 Å². The number of rotatable bonds is 6. The smallest absolute Gasteiger partial charge is 0.244 e. The number of ether oxygens (including phenoxy) is 1. The zero-order valence-corrected chi connectivity index (χ0v) is 16.9. The zero-order chi connectivity index (χ0) is 20.7. The van der Waals surface area contributed by atoms with E-state index in [0.29, 0.717) is 15.7 Å². The summed E-state index contributed by atoms with van der Waals surface area (Å²) in [5.41, 5.74) is 6.45. The van der Waals surface area contributed by atoms with Crippen molar-refractivity contribution in [3.05, 3.63) is 63.5 Å². The Morgan fingerprint density at radius 1 is 1.39 bits per heavy atom. The van der Waals surface area contributed by atoms with Crippen LogP contribution in [0.15, 0.2) is 67.9 Å². The molecule has 1 heterocycles. The van der Waals surface area contributed by atoms with E-state index in [1.54, 1.807) is 19.1 Å². The van der Waals surface area contributed by atoms with Crippen LogP contribution >= 0.6 is 15.9 Å². The van der Waals surface area contributed by atoms with Gasteiger partial charge in [-0.25, -0.2) is 9.38 Å². The Morgan fingerprint density at radius 2 is 2.11 bits per heavy atom. The second kappa shape index (κ2) is 9.75. The fourth-order valence-electron chi connectivity index (χ4n) is 2.16. The number of allylic oxidation sites excluding steroid dienone is 6. The van der Waals surface area contributed by atoms with Gasteiger partial charge < -0.3 is 26.0 Å². The molecule has 0 radical (unpaired) electrons. The third-order valence-corrected chi connectivity index (χ3v) is 4.07. The molecule has 0 aliphatic carbocycles. The molecule has 0 fully saturated rings. The third-order valence-electron chi connectivity index (χ3n) is 3.58. The number of hydrogen-bond donors (Lipinski definition) is 4. The quantitative estimate of drug-likeness (QED) is 0.228. The average molecular weight is 451 g/mol. The largest absolute Gasteiger partial charge is 0.504 e. The summed E-state index contributed by atoms with van der Waals surface area (Å²) >= 11 is 3.25. The topological polar surface area (TPSA) is 112 Å². The van der Waals surface area contributed by atoms with E-state index in [9.17, 15) is 14.6 Å². The minimum atomic E-state index is -0.453. The number of benzene rings is 1. The molecule has 0 atom stereocenters. The summed E-state index contributed by atoms with van der Waals surface area (Å²) in [4.78, 5) is 8.23. The number of nitrogens with one attached hydrogen (secondary N) is 1. The molecule has 0 saturated heterocycles. The Hall–Kier alpha value is -3.07.